The van der Waals surface area contributed by atoms with E-state index < -0.39 is 0 Å². The molecule has 12 heavy (non-hydrogen) atoms. The minimum Gasteiger partial charge on any atom is -0.362 e. The van der Waals surface area contributed by atoms with Crippen LogP contribution in [0.15, 0.2) is 9.98 Å². The van der Waals surface area contributed by atoms with Gasteiger partial charge in [0.2, 0.25) is 0 Å². The van der Waals surface area contributed by atoms with Crippen molar-refractivity contribution in [3.8, 4) is 0 Å². The van der Waals surface area contributed by atoms with Gasteiger partial charge >= 0.3 is 0 Å². The predicted molar refractivity (Wildman–Crippen MR) is 49.8 cm³/mol. The standard InChI is InChI=1S/C8H17N3O/c1-11(2)6-4-5-9-7-10-8-12-3/h4-6,8H2,1-3H3. The van der Waals surface area contributed by atoms with E-state index >= 15 is 0 Å². The van der Waals surface area contributed by atoms with Crippen molar-refractivity contribution in [3.63, 3.8) is 0 Å². The van der Waals surface area contributed by atoms with E-state index in [2.05, 4.69) is 25.6 Å². The first-order chi connectivity index (χ1) is 5.77. The molecule has 0 aromatic heterocycles. The minimum atomic E-state index is 0.344. The fraction of sp³-hybridized carbons (Fsp3) is 0.875. The zero-order valence-corrected chi connectivity index (χ0v) is 8.08. The van der Waals surface area contributed by atoms with Gasteiger partial charge in [0.05, 0.1) is 12.6 Å². The number of rotatable bonds is 6. The van der Waals surface area contributed by atoms with Gasteiger partial charge in [-0.15, -0.1) is 0 Å². The van der Waals surface area contributed by atoms with E-state index in [-0.39, 0.29) is 0 Å². The van der Waals surface area contributed by atoms with Gasteiger partial charge in [0, 0.05) is 7.11 Å². The second kappa shape index (κ2) is 8.40. The third kappa shape index (κ3) is 9.30. The van der Waals surface area contributed by atoms with Crippen molar-refractivity contribution in [1.82, 2.24) is 4.90 Å². The van der Waals surface area contributed by atoms with Crippen molar-refractivity contribution in [1.29, 1.82) is 0 Å². The minimum absolute atomic E-state index is 0.344. The van der Waals surface area contributed by atoms with Crippen LogP contribution in [0.3, 0.4) is 0 Å². The molecule has 0 aromatic carbocycles. The lowest BCUT2D eigenvalue weighted by atomic mass is 10.4. The maximum atomic E-state index is 4.69. The Bertz CT molecular complexity index is 150. The smallest absolute Gasteiger partial charge is 0.147 e. The maximum absolute atomic E-state index is 4.69. The summed E-state index contributed by atoms with van der Waals surface area (Å²) in [6, 6.07) is 2.57. The fourth-order valence-corrected chi connectivity index (χ4v) is 0.659. The van der Waals surface area contributed by atoms with Crippen LogP contribution in [0.1, 0.15) is 6.42 Å². The van der Waals surface area contributed by atoms with E-state index in [4.69, 9.17) is 0 Å². The Labute approximate surface area is 74.0 Å². The lowest BCUT2D eigenvalue weighted by Gasteiger charge is -2.05. The second-order valence-corrected chi connectivity index (χ2v) is 2.71. The number of ether oxygens (including phenoxy) is 1. The predicted octanol–water partition coefficient (Wildman–Crippen LogP) is 0.716. The molecule has 0 aliphatic carbocycles. The Morgan fingerprint density at radius 3 is 2.67 bits per heavy atom. The summed E-state index contributed by atoms with van der Waals surface area (Å²) in [5.74, 6) is 0. The van der Waals surface area contributed by atoms with Crippen LogP contribution in [0.2, 0.25) is 0 Å². The highest BCUT2D eigenvalue weighted by Crippen LogP contribution is 1.82. The van der Waals surface area contributed by atoms with Gasteiger partial charge in [0.15, 0.2) is 0 Å². The maximum Gasteiger partial charge on any atom is 0.147 e. The number of hydrogen-bond donors (Lipinski definition) is 0. The summed E-state index contributed by atoms with van der Waals surface area (Å²) in [5, 5.41) is 0. The average molecular weight is 171 g/mol. The number of hydrogen-bond acceptors (Lipinski definition) is 4. The SMILES string of the molecule is COCN=C=NCCCN(C)C. The molecule has 0 aromatic rings. The van der Waals surface area contributed by atoms with E-state index in [9.17, 15) is 0 Å². The normalized spacial score (nSPS) is 9.67. The Morgan fingerprint density at radius 1 is 1.33 bits per heavy atom. The summed E-state index contributed by atoms with van der Waals surface area (Å²) >= 11 is 0. The monoisotopic (exact) mass is 171 g/mol. The van der Waals surface area contributed by atoms with Gasteiger partial charge < -0.3 is 9.64 Å². The molecule has 0 radical (unpaired) electrons. The zero-order valence-electron chi connectivity index (χ0n) is 8.08. The molecule has 0 unspecified atom stereocenters. The van der Waals surface area contributed by atoms with Crippen LogP contribution in [0.25, 0.3) is 0 Å². The number of aliphatic imine (C=N–C) groups is 2. The van der Waals surface area contributed by atoms with Gasteiger partial charge in [0.25, 0.3) is 0 Å². The van der Waals surface area contributed by atoms with Crippen molar-refractivity contribution in [2.75, 3.05) is 41.0 Å². The molecule has 0 aliphatic heterocycles. The molecule has 0 saturated heterocycles. The Hall–Kier alpha value is -0.700. The van der Waals surface area contributed by atoms with Gasteiger partial charge in [-0.05, 0) is 27.1 Å². The summed E-state index contributed by atoms with van der Waals surface area (Å²) in [7, 11) is 5.68. The number of methoxy groups -OCH3 is 1. The zero-order chi connectivity index (χ0) is 9.23. The third-order valence-electron chi connectivity index (χ3n) is 1.21. The van der Waals surface area contributed by atoms with E-state index in [0.717, 1.165) is 19.5 Å². The van der Waals surface area contributed by atoms with Crippen LogP contribution >= 0.6 is 0 Å². The highest BCUT2D eigenvalue weighted by Gasteiger charge is 1.86. The first-order valence-electron chi connectivity index (χ1n) is 3.99. The van der Waals surface area contributed by atoms with Crippen LogP contribution in [0, 0.1) is 0 Å². The quantitative estimate of drug-likeness (QED) is 0.436. The van der Waals surface area contributed by atoms with Crippen LogP contribution in [0.4, 0.5) is 0 Å². The molecule has 0 heterocycles. The summed E-state index contributed by atoms with van der Waals surface area (Å²) in [6.45, 7) is 2.18. The highest BCUT2D eigenvalue weighted by molar-refractivity contribution is 5.40. The topological polar surface area (TPSA) is 37.2 Å². The van der Waals surface area contributed by atoms with Crippen LogP contribution in [-0.2, 0) is 4.74 Å². The molecule has 0 aliphatic rings. The van der Waals surface area contributed by atoms with Gasteiger partial charge in [-0.25, -0.2) is 4.99 Å². The largest absolute Gasteiger partial charge is 0.362 e. The van der Waals surface area contributed by atoms with Crippen molar-refractivity contribution < 1.29 is 4.74 Å². The molecule has 70 valence electrons. The molecule has 0 N–H and O–H groups in total. The molecule has 0 spiro atoms. The van der Waals surface area contributed by atoms with Gasteiger partial charge in [-0.3, -0.25) is 0 Å². The van der Waals surface area contributed by atoms with E-state index in [0.29, 0.717) is 6.73 Å². The second-order valence-electron chi connectivity index (χ2n) is 2.71. The number of nitrogens with zero attached hydrogens (tertiary/aromatic N) is 3. The molecular formula is C8H17N3O. The molecular weight excluding hydrogens is 154 g/mol. The van der Waals surface area contributed by atoms with Crippen molar-refractivity contribution in [3.05, 3.63) is 0 Å². The summed E-state index contributed by atoms with van der Waals surface area (Å²) in [5.41, 5.74) is 0. The van der Waals surface area contributed by atoms with E-state index in [1.165, 1.54) is 0 Å². The van der Waals surface area contributed by atoms with Crippen LogP contribution < -0.4 is 0 Å². The summed E-state index contributed by atoms with van der Waals surface area (Å²) < 4.78 is 4.69. The first kappa shape index (κ1) is 11.3. The van der Waals surface area contributed by atoms with Crippen LogP contribution in [0.5, 0.6) is 0 Å². The average Bonchev–Trinajstić information content (AvgIpc) is 2.02. The van der Waals surface area contributed by atoms with E-state index in [1.807, 2.05) is 14.1 Å². The molecule has 0 bridgehead atoms. The Balaban J connectivity index is 3.23. The molecule has 0 amide bonds. The van der Waals surface area contributed by atoms with Crippen molar-refractivity contribution >= 4 is 6.01 Å². The molecule has 4 heteroatoms. The molecule has 0 atom stereocenters. The van der Waals surface area contributed by atoms with Gasteiger partial charge in [0.1, 0.15) is 6.73 Å². The lowest BCUT2D eigenvalue weighted by molar-refractivity contribution is 0.209. The molecule has 0 saturated carbocycles. The molecule has 0 fully saturated rings. The lowest BCUT2D eigenvalue weighted by Crippen LogP contribution is -2.13. The summed E-state index contributed by atoms with van der Waals surface area (Å²) in [4.78, 5) is 9.84. The highest BCUT2D eigenvalue weighted by atomic mass is 16.5. The Kier molecular flexibility index (Phi) is 7.91. The Morgan fingerprint density at radius 2 is 2.08 bits per heavy atom. The van der Waals surface area contributed by atoms with Crippen molar-refractivity contribution in [2.24, 2.45) is 9.98 Å². The van der Waals surface area contributed by atoms with Crippen LogP contribution in [-0.4, -0.2) is 51.9 Å². The summed E-state index contributed by atoms with van der Waals surface area (Å²) in [6.07, 6.45) is 1.04. The molecule has 0 rings (SSSR count). The van der Waals surface area contributed by atoms with E-state index in [1.54, 1.807) is 7.11 Å². The molecule has 4 nitrogen and oxygen atoms in total. The third-order valence-corrected chi connectivity index (χ3v) is 1.21. The van der Waals surface area contributed by atoms with Crippen molar-refractivity contribution in [2.45, 2.75) is 6.42 Å². The van der Waals surface area contributed by atoms with Gasteiger partial charge in [-0.2, -0.15) is 4.99 Å². The fourth-order valence-electron chi connectivity index (χ4n) is 0.659. The first-order valence-corrected chi connectivity index (χ1v) is 3.99. The van der Waals surface area contributed by atoms with Gasteiger partial charge in [-0.1, -0.05) is 0 Å².